The SMILES string of the molecule is CNc1cc(-c2ccccn2)n(-c2ccc(OC)nc2)n1. The van der Waals surface area contributed by atoms with Crippen molar-refractivity contribution in [3.63, 3.8) is 0 Å². The number of aromatic nitrogens is 4. The van der Waals surface area contributed by atoms with E-state index in [9.17, 15) is 0 Å². The van der Waals surface area contributed by atoms with E-state index < -0.39 is 0 Å². The number of nitrogens with one attached hydrogen (secondary N) is 1. The largest absolute Gasteiger partial charge is 0.481 e. The van der Waals surface area contributed by atoms with Crippen LogP contribution in [-0.4, -0.2) is 33.9 Å². The average molecular weight is 281 g/mol. The van der Waals surface area contributed by atoms with Crippen LogP contribution in [0.3, 0.4) is 0 Å². The molecule has 3 heterocycles. The second kappa shape index (κ2) is 5.62. The molecule has 0 amide bonds. The Labute approximate surface area is 122 Å². The second-order valence-corrected chi connectivity index (χ2v) is 4.35. The molecule has 0 radical (unpaired) electrons. The minimum atomic E-state index is 0.569. The van der Waals surface area contributed by atoms with E-state index in [1.54, 1.807) is 30.3 Å². The molecule has 106 valence electrons. The van der Waals surface area contributed by atoms with Crippen LogP contribution in [0.1, 0.15) is 0 Å². The number of rotatable bonds is 4. The van der Waals surface area contributed by atoms with E-state index in [4.69, 9.17) is 4.74 Å². The zero-order valence-electron chi connectivity index (χ0n) is 11.8. The molecular weight excluding hydrogens is 266 g/mol. The molecule has 0 aromatic carbocycles. The number of hydrogen-bond acceptors (Lipinski definition) is 5. The fraction of sp³-hybridized carbons (Fsp3) is 0.133. The average Bonchev–Trinajstić information content (AvgIpc) is 3.00. The highest BCUT2D eigenvalue weighted by Crippen LogP contribution is 2.24. The van der Waals surface area contributed by atoms with E-state index >= 15 is 0 Å². The molecule has 1 N–H and O–H groups in total. The lowest BCUT2D eigenvalue weighted by Crippen LogP contribution is -2.01. The van der Waals surface area contributed by atoms with Gasteiger partial charge in [0.05, 0.1) is 30.4 Å². The van der Waals surface area contributed by atoms with Crippen LogP contribution in [0.25, 0.3) is 17.1 Å². The van der Waals surface area contributed by atoms with Gasteiger partial charge in [-0.05, 0) is 18.2 Å². The van der Waals surface area contributed by atoms with Crippen molar-refractivity contribution in [1.29, 1.82) is 0 Å². The first-order valence-corrected chi connectivity index (χ1v) is 6.51. The molecule has 0 bridgehead atoms. The monoisotopic (exact) mass is 281 g/mol. The molecule has 0 aliphatic heterocycles. The molecule has 3 aromatic heterocycles. The molecule has 3 rings (SSSR count). The van der Waals surface area contributed by atoms with Crippen LogP contribution in [-0.2, 0) is 0 Å². The number of pyridine rings is 2. The van der Waals surface area contributed by atoms with Crippen molar-refractivity contribution in [2.24, 2.45) is 0 Å². The molecule has 6 nitrogen and oxygen atoms in total. The zero-order valence-corrected chi connectivity index (χ0v) is 11.8. The van der Waals surface area contributed by atoms with Crippen molar-refractivity contribution in [1.82, 2.24) is 19.7 Å². The van der Waals surface area contributed by atoms with Gasteiger partial charge >= 0.3 is 0 Å². The summed E-state index contributed by atoms with van der Waals surface area (Å²) < 4.78 is 6.89. The van der Waals surface area contributed by atoms with Gasteiger partial charge in [-0.3, -0.25) is 4.98 Å². The third-order valence-corrected chi connectivity index (χ3v) is 3.07. The lowest BCUT2D eigenvalue weighted by molar-refractivity contribution is 0.397. The summed E-state index contributed by atoms with van der Waals surface area (Å²) in [5, 5.41) is 7.56. The van der Waals surface area contributed by atoms with Crippen LogP contribution in [0, 0.1) is 0 Å². The van der Waals surface area contributed by atoms with Crippen molar-refractivity contribution < 1.29 is 4.74 Å². The maximum Gasteiger partial charge on any atom is 0.213 e. The first kappa shape index (κ1) is 13.1. The molecule has 0 fully saturated rings. The summed E-state index contributed by atoms with van der Waals surface area (Å²) in [4.78, 5) is 8.60. The Morgan fingerprint density at radius 2 is 2.05 bits per heavy atom. The Bertz CT molecular complexity index is 722. The van der Waals surface area contributed by atoms with Gasteiger partial charge in [0, 0.05) is 25.4 Å². The molecule has 6 heteroatoms. The summed E-state index contributed by atoms with van der Waals surface area (Å²) in [5.41, 5.74) is 2.59. The molecule has 0 unspecified atom stereocenters. The third-order valence-electron chi connectivity index (χ3n) is 3.07. The van der Waals surface area contributed by atoms with Crippen LogP contribution in [0.2, 0.25) is 0 Å². The smallest absolute Gasteiger partial charge is 0.213 e. The molecule has 21 heavy (non-hydrogen) atoms. The van der Waals surface area contributed by atoms with Gasteiger partial charge in [0.25, 0.3) is 0 Å². The highest BCUT2D eigenvalue weighted by atomic mass is 16.5. The maximum absolute atomic E-state index is 5.08. The molecule has 0 saturated carbocycles. The topological polar surface area (TPSA) is 64.9 Å². The fourth-order valence-corrected chi connectivity index (χ4v) is 2.02. The van der Waals surface area contributed by atoms with Gasteiger partial charge in [0.2, 0.25) is 5.88 Å². The standard InChI is InChI=1S/C15H15N5O/c1-16-14-9-13(12-5-3-4-8-17-12)20(19-14)11-6-7-15(21-2)18-10-11/h3-10H,1-2H3,(H,16,19). The molecule has 3 aromatic rings. The maximum atomic E-state index is 5.08. The lowest BCUT2D eigenvalue weighted by atomic mass is 10.2. The van der Waals surface area contributed by atoms with Gasteiger partial charge in [0.1, 0.15) is 5.82 Å². The number of anilines is 1. The summed E-state index contributed by atoms with van der Waals surface area (Å²) in [5.74, 6) is 1.34. The van der Waals surface area contributed by atoms with Gasteiger partial charge in [-0.15, -0.1) is 5.10 Å². The first-order valence-electron chi connectivity index (χ1n) is 6.51. The molecule has 0 spiro atoms. The quantitative estimate of drug-likeness (QED) is 0.795. The molecular formula is C15H15N5O. The van der Waals surface area contributed by atoms with E-state index in [0.29, 0.717) is 5.88 Å². The van der Waals surface area contributed by atoms with Gasteiger partial charge in [-0.2, -0.15) is 0 Å². The Balaban J connectivity index is 2.10. The van der Waals surface area contributed by atoms with E-state index in [1.807, 2.05) is 37.4 Å². The summed E-state index contributed by atoms with van der Waals surface area (Å²) in [7, 11) is 3.43. The van der Waals surface area contributed by atoms with Crippen LogP contribution in [0.5, 0.6) is 5.88 Å². The molecule has 0 saturated heterocycles. The number of hydrogen-bond donors (Lipinski definition) is 1. The van der Waals surface area contributed by atoms with E-state index in [0.717, 1.165) is 22.9 Å². The van der Waals surface area contributed by atoms with Crippen molar-refractivity contribution in [3.8, 4) is 23.0 Å². The Morgan fingerprint density at radius 3 is 2.67 bits per heavy atom. The van der Waals surface area contributed by atoms with Crippen LogP contribution in [0.15, 0.2) is 48.8 Å². The Hall–Kier alpha value is -2.89. The normalized spacial score (nSPS) is 10.4. The first-order chi connectivity index (χ1) is 10.3. The van der Waals surface area contributed by atoms with Crippen molar-refractivity contribution in [3.05, 3.63) is 48.8 Å². The van der Waals surface area contributed by atoms with E-state index in [2.05, 4.69) is 20.4 Å². The van der Waals surface area contributed by atoms with Gasteiger partial charge < -0.3 is 10.1 Å². The molecule has 0 aliphatic carbocycles. The second-order valence-electron chi connectivity index (χ2n) is 4.35. The highest BCUT2D eigenvalue weighted by molar-refractivity contribution is 5.62. The highest BCUT2D eigenvalue weighted by Gasteiger charge is 2.12. The number of methoxy groups -OCH3 is 1. The summed E-state index contributed by atoms with van der Waals surface area (Å²) in [6, 6.07) is 11.4. The van der Waals surface area contributed by atoms with Crippen molar-refractivity contribution >= 4 is 5.82 Å². The van der Waals surface area contributed by atoms with Crippen molar-refractivity contribution in [2.45, 2.75) is 0 Å². The van der Waals surface area contributed by atoms with Crippen LogP contribution in [0.4, 0.5) is 5.82 Å². The minimum absolute atomic E-state index is 0.569. The van der Waals surface area contributed by atoms with E-state index in [1.165, 1.54) is 0 Å². The van der Waals surface area contributed by atoms with Gasteiger partial charge in [0.15, 0.2) is 0 Å². The summed E-state index contributed by atoms with van der Waals surface area (Å²) >= 11 is 0. The summed E-state index contributed by atoms with van der Waals surface area (Å²) in [6.07, 6.45) is 3.48. The van der Waals surface area contributed by atoms with E-state index in [-0.39, 0.29) is 0 Å². The third kappa shape index (κ3) is 2.55. The zero-order chi connectivity index (χ0) is 14.7. The van der Waals surface area contributed by atoms with Crippen LogP contribution < -0.4 is 10.1 Å². The minimum Gasteiger partial charge on any atom is -0.481 e. The molecule has 0 atom stereocenters. The summed E-state index contributed by atoms with van der Waals surface area (Å²) in [6.45, 7) is 0. The van der Waals surface area contributed by atoms with Crippen molar-refractivity contribution in [2.75, 3.05) is 19.5 Å². The number of nitrogens with zero attached hydrogens (tertiary/aromatic N) is 4. The fourth-order valence-electron chi connectivity index (χ4n) is 2.02. The Kier molecular flexibility index (Phi) is 3.51. The number of ether oxygens (including phenoxy) is 1. The predicted octanol–water partition coefficient (Wildman–Crippen LogP) is 2.38. The van der Waals surface area contributed by atoms with Gasteiger partial charge in [-0.1, -0.05) is 6.07 Å². The van der Waals surface area contributed by atoms with Gasteiger partial charge in [-0.25, -0.2) is 9.67 Å². The molecule has 0 aliphatic rings. The Morgan fingerprint density at radius 1 is 1.14 bits per heavy atom. The predicted molar refractivity (Wildman–Crippen MR) is 80.7 cm³/mol. The lowest BCUT2D eigenvalue weighted by Gasteiger charge is -2.07. The van der Waals surface area contributed by atoms with Crippen LogP contribution >= 0.6 is 0 Å².